The predicted octanol–water partition coefficient (Wildman–Crippen LogP) is 2.00. The molecule has 0 bridgehead atoms. The second kappa shape index (κ2) is 5.09. The Morgan fingerprint density at radius 2 is 2.35 bits per heavy atom. The van der Waals surface area contributed by atoms with Gasteiger partial charge in [-0.05, 0) is 23.8 Å². The third-order valence-electron chi connectivity index (χ3n) is 2.30. The second-order valence-corrected chi connectivity index (χ2v) is 4.27. The van der Waals surface area contributed by atoms with E-state index in [4.69, 9.17) is 4.74 Å². The number of nitrogens with one attached hydrogen (secondary N) is 1. The van der Waals surface area contributed by atoms with Crippen molar-refractivity contribution in [1.82, 2.24) is 15.4 Å². The van der Waals surface area contributed by atoms with E-state index in [1.165, 1.54) is 6.20 Å². The summed E-state index contributed by atoms with van der Waals surface area (Å²) in [6.45, 7) is 0. The van der Waals surface area contributed by atoms with E-state index in [1.54, 1.807) is 7.11 Å². The first-order valence-corrected chi connectivity index (χ1v) is 5.71. The Hall–Kier alpha value is -1.69. The first kappa shape index (κ1) is 11.8. The van der Waals surface area contributed by atoms with Gasteiger partial charge in [-0.25, -0.2) is 0 Å². The first-order valence-electron chi connectivity index (χ1n) is 4.92. The zero-order valence-corrected chi connectivity index (χ0v) is 10.7. The average molecular weight is 296 g/mol. The molecule has 6 heteroatoms. The minimum absolute atomic E-state index is 0.0901. The predicted molar refractivity (Wildman–Crippen MR) is 65.1 cm³/mol. The second-order valence-electron chi connectivity index (χ2n) is 3.41. The molecule has 2 aromatic rings. The molecule has 0 aliphatic carbocycles. The van der Waals surface area contributed by atoms with E-state index in [0.717, 1.165) is 15.8 Å². The van der Waals surface area contributed by atoms with Gasteiger partial charge < -0.3 is 4.74 Å². The molecule has 0 aliphatic heterocycles. The summed E-state index contributed by atoms with van der Waals surface area (Å²) in [5.41, 5.74) is 1.19. The largest absolute Gasteiger partial charge is 0.497 e. The molecule has 0 atom stereocenters. The van der Waals surface area contributed by atoms with Gasteiger partial charge in [0.2, 0.25) is 0 Å². The topological polar surface area (TPSA) is 67.9 Å². The summed E-state index contributed by atoms with van der Waals surface area (Å²) in [4.78, 5) is 11.8. The van der Waals surface area contributed by atoms with Crippen molar-refractivity contribution in [1.29, 1.82) is 0 Å². The lowest BCUT2D eigenvalue weighted by Gasteiger charge is -2.05. The molecule has 1 N–H and O–H groups in total. The van der Waals surface area contributed by atoms with Crippen molar-refractivity contribution in [3.63, 3.8) is 0 Å². The zero-order chi connectivity index (χ0) is 12.3. The highest BCUT2D eigenvalue weighted by atomic mass is 79.9. The Bertz CT molecular complexity index is 526. The van der Waals surface area contributed by atoms with E-state index in [2.05, 4.69) is 31.3 Å². The van der Waals surface area contributed by atoms with Crippen LogP contribution in [0.1, 0.15) is 16.1 Å². The number of carbonyl (C=O) groups excluding carboxylic acids is 1. The molecule has 1 heterocycles. The molecule has 5 nitrogen and oxygen atoms in total. The fraction of sp³-hybridized carbons (Fsp3) is 0.182. The van der Waals surface area contributed by atoms with E-state index in [0.29, 0.717) is 5.69 Å². The minimum Gasteiger partial charge on any atom is -0.497 e. The SMILES string of the molecule is COc1ccc(Br)c(CC(=O)c2cn[nH]n2)c1. The lowest BCUT2D eigenvalue weighted by atomic mass is 10.1. The lowest BCUT2D eigenvalue weighted by molar-refractivity contribution is 0.0988. The number of H-pyrrole nitrogens is 1. The molecule has 0 saturated carbocycles. The van der Waals surface area contributed by atoms with Crippen LogP contribution in [0.2, 0.25) is 0 Å². The molecule has 0 unspecified atom stereocenters. The summed E-state index contributed by atoms with van der Waals surface area (Å²) in [5, 5.41) is 9.78. The van der Waals surface area contributed by atoms with Crippen molar-refractivity contribution in [2.24, 2.45) is 0 Å². The van der Waals surface area contributed by atoms with Crippen LogP contribution in [-0.2, 0) is 6.42 Å². The van der Waals surface area contributed by atoms with Crippen molar-refractivity contribution in [3.8, 4) is 5.75 Å². The normalized spacial score (nSPS) is 10.2. The fourth-order valence-electron chi connectivity index (χ4n) is 1.41. The maximum atomic E-state index is 11.8. The number of hydrogen-bond acceptors (Lipinski definition) is 4. The van der Waals surface area contributed by atoms with Gasteiger partial charge in [0.25, 0.3) is 0 Å². The number of hydrogen-bond donors (Lipinski definition) is 1. The van der Waals surface area contributed by atoms with Gasteiger partial charge in [0.1, 0.15) is 11.4 Å². The van der Waals surface area contributed by atoms with Crippen LogP contribution in [0.4, 0.5) is 0 Å². The van der Waals surface area contributed by atoms with Crippen LogP contribution in [0.15, 0.2) is 28.9 Å². The Labute approximate surface area is 106 Å². The third-order valence-corrected chi connectivity index (χ3v) is 3.08. The summed E-state index contributed by atoms with van der Waals surface area (Å²) in [7, 11) is 1.59. The maximum absolute atomic E-state index is 11.8. The minimum atomic E-state index is -0.0901. The number of rotatable bonds is 4. The van der Waals surface area contributed by atoms with E-state index in [-0.39, 0.29) is 12.2 Å². The van der Waals surface area contributed by atoms with E-state index in [1.807, 2.05) is 18.2 Å². The molecule has 2 rings (SSSR count). The smallest absolute Gasteiger partial charge is 0.189 e. The number of methoxy groups -OCH3 is 1. The van der Waals surface area contributed by atoms with Crippen molar-refractivity contribution < 1.29 is 9.53 Å². The molecular formula is C11H10BrN3O2. The Balaban J connectivity index is 2.21. The van der Waals surface area contributed by atoms with E-state index >= 15 is 0 Å². The molecule has 0 amide bonds. The number of nitrogens with zero attached hydrogens (tertiary/aromatic N) is 2. The standard InChI is InChI=1S/C11H10BrN3O2/c1-17-8-2-3-9(12)7(4-8)5-11(16)10-6-13-15-14-10/h2-4,6H,5H2,1H3,(H,13,14,15). The molecule has 0 aliphatic rings. The van der Waals surface area contributed by atoms with Gasteiger partial charge >= 0.3 is 0 Å². The van der Waals surface area contributed by atoms with Crippen LogP contribution >= 0.6 is 15.9 Å². The van der Waals surface area contributed by atoms with Crippen LogP contribution in [-0.4, -0.2) is 28.3 Å². The van der Waals surface area contributed by atoms with Crippen LogP contribution in [0, 0.1) is 0 Å². The van der Waals surface area contributed by atoms with Crippen LogP contribution < -0.4 is 4.74 Å². The molecule has 0 radical (unpaired) electrons. The number of aromatic nitrogens is 3. The van der Waals surface area contributed by atoms with Crippen molar-refractivity contribution in [3.05, 3.63) is 40.1 Å². The van der Waals surface area contributed by atoms with Gasteiger partial charge in [-0.2, -0.15) is 15.4 Å². The molecule has 0 saturated heterocycles. The highest BCUT2D eigenvalue weighted by Crippen LogP contribution is 2.23. The van der Waals surface area contributed by atoms with E-state index < -0.39 is 0 Å². The van der Waals surface area contributed by atoms with Gasteiger partial charge in [-0.3, -0.25) is 4.79 Å². The van der Waals surface area contributed by atoms with Crippen LogP contribution in [0.25, 0.3) is 0 Å². The highest BCUT2D eigenvalue weighted by Gasteiger charge is 2.12. The third kappa shape index (κ3) is 2.71. The Kier molecular flexibility index (Phi) is 3.53. The van der Waals surface area contributed by atoms with Crippen LogP contribution in [0.3, 0.4) is 0 Å². The highest BCUT2D eigenvalue weighted by molar-refractivity contribution is 9.10. The van der Waals surface area contributed by atoms with Gasteiger partial charge in [-0.15, -0.1) is 0 Å². The summed E-state index contributed by atoms with van der Waals surface area (Å²) in [6, 6.07) is 5.50. The van der Waals surface area contributed by atoms with Gasteiger partial charge in [0.05, 0.1) is 13.3 Å². The maximum Gasteiger partial charge on any atom is 0.189 e. The summed E-state index contributed by atoms with van der Waals surface area (Å²) < 4.78 is 5.99. The Morgan fingerprint density at radius 1 is 1.53 bits per heavy atom. The van der Waals surface area contributed by atoms with Gasteiger partial charge in [-0.1, -0.05) is 15.9 Å². The molecule has 17 heavy (non-hydrogen) atoms. The van der Waals surface area contributed by atoms with E-state index in [9.17, 15) is 4.79 Å². The average Bonchev–Trinajstić information content (AvgIpc) is 2.85. The van der Waals surface area contributed by atoms with Crippen molar-refractivity contribution >= 4 is 21.7 Å². The number of ether oxygens (including phenoxy) is 1. The summed E-state index contributed by atoms with van der Waals surface area (Å²) >= 11 is 3.40. The van der Waals surface area contributed by atoms with Crippen molar-refractivity contribution in [2.75, 3.05) is 7.11 Å². The van der Waals surface area contributed by atoms with Gasteiger partial charge in [0, 0.05) is 10.9 Å². The lowest BCUT2D eigenvalue weighted by Crippen LogP contribution is -2.05. The quantitative estimate of drug-likeness (QED) is 0.876. The number of Topliss-reactive ketones (excluding diaryl/α,β-unsaturated/α-hetero) is 1. The summed E-state index contributed by atoms with van der Waals surface area (Å²) in [6.07, 6.45) is 1.67. The number of carbonyl (C=O) groups is 1. The molecule has 0 fully saturated rings. The molecule has 1 aromatic heterocycles. The Morgan fingerprint density at radius 3 is 3.00 bits per heavy atom. The van der Waals surface area contributed by atoms with Crippen molar-refractivity contribution in [2.45, 2.75) is 6.42 Å². The van der Waals surface area contributed by atoms with Crippen LogP contribution in [0.5, 0.6) is 5.75 Å². The number of aromatic amines is 1. The molecule has 88 valence electrons. The first-order chi connectivity index (χ1) is 8.20. The number of benzene rings is 1. The summed E-state index contributed by atoms with van der Waals surface area (Å²) in [5.74, 6) is 0.629. The molecular weight excluding hydrogens is 286 g/mol. The number of ketones is 1. The molecule has 1 aromatic carbocycles. The molecule has 0 spiro atoms. The number of halogens is 1. The zero-order valence-electron chi connectivity index (χ0n) is 9.11. The monoisotopic (exact) mass is 295 g/mol. The fourth-order valence-corrected chi connectivity index (χ4v) is 1.80. The van der Waals surface area contributed by atoms with Gasteiger partial charge in [0.15, 0.2) is 5.78 Å².